The normalized spacial score (nSPS) is 25.2. The number of carbonyl (C=O) groups is 1. The third kappa shape index (κ3) is 5.04. The minimum Gasteiger partial charge on any atom is -0.368 e. The van der Waals surface area contributed by atoms with E-state index >= 15 is 4.39 Å². The summed E-state index contributed by atoms with van der Waals surface area (Å²) in [7, 11) is -3.83. The maximum atomic E-state index is 15.4. The lowest BCUT2D eigenvalue weighted by atomic mass is 9.95. The van der Waals surface area contributed by atoms with Crippen LogP contribution in [-0.4, -0.2) is 63.0 Å². The lowest BCUT2D eigenvalue weighted by Gasteiger charge is -2.34. The number of nitrogens with one attached hydrogen (secondary N) is 1. The van der Waals surface area contributed by atoms with E-state index < -0.39 is 57.7 Å². The molecule has 1 amide bonds. The summed E-state index contributed by atoms with van der Waals surface area (Å²) in [5.74, 6) is -3.04. The Morgan fingerprint density at radius 3 is 2.42 bits per heavy atom. The van der Waals surface area contributed by atoms with E-state index in [4.69, 9.17) is 4.74 Å². The molecule has 1 N–H and O–H groups in total. The maximum Gasteiger partial charge on any atom is 0.252 e. The van der Waals surface area contributed by atoms with Crippen molar-refractivity contribution in [2.24, 2.45) is 0 Å². The van der Waals surface area contributed by atoms with Gasteiger partial charge in [-0.25, -0.2) is 30.7 Å². The Hall–Kier alpha value is -2.50. The molecule has 2 aliphatic heterocycles. The molecule has 178 valence electrons. The molecule has 1 unspecified atom stereocenters. The number of benzene rings is 2. The second-order valence-corrected chi connectivity index (χ2v) is 10.1. The van der Waals surface area contributed by atoms with Gasteiger partial charge in [0.05, 0.1) is 31.5 Å². The zero-order valence-corrected chi connectivity index (χ0v) is 18.4. The van der Waals surface area contributed by atoms with Gasteiger partial charge in [0, 0.05) is 18.1 Å². The van der Waals surface area contributed by atoms with Crippen LogP contribution < -0.4 is 4.72 Å². The summed E-state index contributed by atoms with van der Waals surface area (Å²) in [5.41, 5.74) is -0.0549. The van der Waals surface area contributed by atoms with Crippen LogP contribution in [0.4, 0.5) is 17.6 Å². The molecule has 2 aromatic rings. The van der Waals surface area contributed by atoms with E-state index in [9.17, 15) is 26.4 Å². The average Bonchev–Trinajstić information content (AvgIpc) is 2.95. The van der Waals surface area contributed by atoms with Crippen LogP contribution in [0.2, 0.25) is 0 Å². The van der Waals surface area contributed by atoms with E-state index in [-0.39, 0.29) is 29.7 Å². The fourth-order valence-corrected chi connectivity index (χ4v) is 5.07. The fourth-order valence-electron chi connectivity index (χ4n) is 4.27. The molecule has 4 atom stereocenters. The predicted octanol–water partition coefficient (Wildman–Crippen LogP) is 2.57. The monoisotopic (exact) mass is 486 g/mol. The second-order valence-electron chi connectivity index (χ2n) is 8.28. The fraction of sp³-hybridized carbons (Fsp3) is 0.409. The van der Waals surface area contributed by atoms with E-state index in [2.05, 4.69) is 4.72 Å². The Bertz CT molecular complexity index is 1150. The highest BCUT2D eigenvalue weighted by atomic mass is 32.2. The SMILES string of the molecule is CS(=O)(=O)N[C@H]1[C@@H](F)CN(C(=O)C2CCO2)[C@H]1Cc1cccc(-c2cc(F)cc(F)c2)c1F. The van der Waals surface area contributed by atoms with Crippen LogP contribution in [0.1, 0.15) is 12.0 Å². The van der Waals surface area contributed by atoms with E-state index in [0.29, 0.717) is 19.1 Å². The van der Waals surface area contributed by atoms with Gasteiger partial charge in [-0.15, -0.1) is 0 Å². The molecule has 2 aliphatic rings. The first-order valence-electron chi connectivity index (χ1n) is 10.3. The molecular weight excluding hydrogens is 464 g/mol. The zero-order valence-electron chi connectivity index (χ0n) is 17.6. The molecule has 4 rings (SSSR count). The van der Waals surface area contributed by atoms with Crippen molar-refractivity contribution >= 4 is 15.9 Å². The van der Waals surface area contributed by atoms with Crippen molar-refractivity contribution in [3.05, 3.63) is 59.4 Å². The Morgan fingerprint density at radius 1 is 1.18 bits per heavy atom. The van der Waals surface area contributed by atoms with Crippen molar-refractivity contribution in [3.8, 4) is 11.1 Å². The van der Waals surface area contributed by atoms with Gasteiger partial charge in [0.15, 0.2) is 0 Å². The predicted molar refractivity (Wildman–Crippen MR) is 112 cm³/mol. The van der Waals surface area contributed by atoms with Crippen LogP contribution in [0.25, 0.3) is 11.1 Å². The van der Waals surface area contributed by atoms with Crippen molar-refractivity contribution in [2.45, 2.75) is 37.2 Å². The number of amides is 1. The zero-order chi connectivity index (χ0) is 23.9. The number of carbonyl (C=O) groups excluding carboxylic acids is 1. The minimum absolute atomic E-state index is 0.0248. The number of hydrogen-bond donors (Lipinski definition) is 1. The number of rotatable bonds is 6. The highest BCUT2D eigenvalue weighted by molar-refractivity contribution is 7.88. The third-order valence-electron chi connectivity index (χ3n) is 5.86. The van der Waals surface area contributed by atoms with E-state index in [1.54, 1.807) is 0 Å². The van der Waals surface area contributed by atoms with Crippen LogP contribution in [0.5, 0.6) is 0 Å². The highest BCUT2D eigenvalue weighted by Gasteiger charge is 2.48. The first-order chi connectivity index (χ1) is 15.5. The molecule has 33 heavy (non-hydrogen) atoms. The van der Waals surface area contributed by atoms with E-state index in [1.807, 2.05) is 0 Å². The summed E-state index contributed by atoms with van der Waals surface area (Å²) in [6.07, 6.45) is -1.35. The van der Waals surface area contributed by atoms with Crippen molar-refractivity contribution in [1.82, 2.24) is 9.62 Å². The third-order valence-corrected chi connectivity index (χ3v) is 6.57. The van der Waals surface area contributed by atoms with Crippen LogP contribution in [0.15, 0.2) is 36.4 Å². The van der Waals surface area contributed by atoms with Gasteiger partial charge in [-0.2, -0.15) is 0 Å². The molecule has 2 saturated heterocycles. The van der Waals surface area contributed by atoms with Gasteiger partial charge >= 0.3 is 0 Å². The van der Waals surface area contributed by atoms with Gasteiger partial charge in [0.1, 0.15) is 29.7 Å². The molecule has 2 aromatic carbocycles. The summed E-state index contributed by atoms with van der Waals surface area (Å²) in [6.45, 7) is 0.0207. The standard InChI is InChI=1S/C22H22F4N2O4S/c1-33(30,31)27-21-17(25)11-28(22(29)19-5-6-32-19)18(21)9-12-3-2-4-16(20(12)26)13-7-14(23)10-15(24)8-13/h2-4,7-8,10,17-19,21,27H,5-6,9,11H2,1H3/t17-,18-,19?,21-/m0/s1. The summed E-state index contributed by atoms with van der Waals surface area (Å²) in [4.78, 5) is 14.0. The Kier molecular flexibility index (Phi) is 6.47. The molecule has 0 aliphatic carbocycles. The number of halogens is 4. The van der Waals surface area contributed by atoms with Crippen molar-refractivity contribution in [1.29, 1.82) is 0 Å². The van der Waals surface area contributed by atoms with Crippen LogP contribution in [0, 0.1) is 17.5 Å². The molecule has 0 aromatic heterocycles. The molecule has 6 nitrogen and oxygen atoms in total. The van der Waals surface area contributed by atoms with Crippen molar-refractivity contribution in [2.75, 3.05) is 19.4 Å². The Balaban J connectivity index is 1.69. The van der Waals surface area contributed by atoms with Crippen LogP contribution in [0.3, 0.4) is 0 Å². The number of hydrogen-bond acceptors (Lipinski definition) is 4. The minimum atomic E-state index is -3.83. The summed E-state index contributed by atoms with van der Waals surface area (Å²) < 4.78 is 88.6. The van der Waals surface area contributed by atoms with Gasteiger partial charge in [0.25, 0.3) is 5.91 Å². The lowest BCUT2D eigenvalue weighted by Crippen LogP contribution is -2.53. The summed E-state index contributed by atoms with van der Waals surface area (Å²) >= 11 is 0. The van der Waals surface area contributed by atoms with Crippen LogP contribution >= 0.6 is 0 Å². The first kappa shape index (κ1) is 23.7. The van der Waals surface area contributed by atoms with Gasteiger partial charge in [0.2, 0.25) is 10.0 Å². The maximum absolute atomic E-state index is 15.4. The first-order valence-corrected chi connectivity index (χ1v) is 12.2. The molecule has 0 spiro atoms. The summed E-state index contributed by atoms with van der Waals surface area (Å²) in [5, 5.41) is 0. The Labute approximate surface area is 188 Å². The molecular formula is C22H22F4N2O4S. The van der Waals surface area contributed by atoms with Crippen molar-refractivity contribution < 1.29 is 35.5 Å². The average molecular weight is 486 g/mol. The number of likely N-dealkylation sites (tertiary alicyclic amines) is 1. The highest BCUT2D eigenvalue weighted by Crippen LogP contribution is 2.32. The summed E-state index contributed by atoms with van der Waals surface area (Å²) in [6, 6.07) is 4.53. The van der Waals surface area contributed by atoms with Gasteiger partial charge in [-0.1, -0.05) is 18.2 Å². The molecule has 0 saturated carbocycles. The quantitative estimate of drug-likeness (QED) is 0.637. The Morgan fingerprint density at radius 2 is 1.85 bits per heavy atom. The van der Waals surface area contributed by atoms with Crippen LogP contribution in [-0.2, 0) is 26.0 Å². The van der Waals surface area contributed by atoms with E-state index in [0.717, 1.165) is 18.4 Å². The molecule has 11 heteroatoms. The second kappa shape index (κ2) is 9.03. The number of alkyl halides is 1. The lowest BCUT2D eigenvalue weighted by molar-refractivity contribution is -0.157. The van der Waals surface area contributed by atoms with Crippen molar-refractivity contribution in [3.63, 3.8) is 0 Å². The van der Waals surface area contributed by atoms with E-state index in [1.165, 1.54) is 23.1 Å². The number of nitrogens with zero attached hydrogens (tertiary/aromatic N) is 1. The number of sulfonamides is 1. The molecule has 2 fully saturated rings. The molecule has 0 bridgehead atoms. The topological polar surface area (TPSA) is 75.7 Å². The number of ether oxygens (including phenoxy) is 1. The van der Waals surface area contributed by atoms with Gasteiger partial charge < -0.3 is 9.64 Å². The van der Waals surface area contributed by atoms with Gasteiger partial charge in [-0.05, 0) is 29.7 Å². The van der Waals surface area contributed by atoms with Gasteiger partial charge in [-0.3, -0.25) is 4.79 Å². The molecule has 0 radical (unpaired) electrons. The smallest absolute Gasteiger partial charge is 0.252 e. The molecule has 2 heterocycles. The largest absolute Gasteiger partial charge is 0.368 e.